The maximum atomic E-state index is 11.4. The van der Waals surface area contributed by atoms with Gasteiger partial charge in [-0.3, -0.25) is 34.1 Å². The average Bonchev–Trinajstić information content (AvgIpc) is 2.68. The maximum Gasteiger partial charge on any atom is 0.317 e. The van der Waals surface area contributed by atoms with E-state index in [-0.39, 0.29) is 18.9 Å². The molecule has 0 spiro atoms. The van der Waals surface area contributed by atoms with E-state index in [2.05, 4.69) is 9.88 Å². The molecule has 1 aromatic heterocycles. The fourth-order valence-electron chi connectivity index (χ4n) is 3.00. The van der Waals surface area contributed by atoms with Crippen LogP contribution in [0.2, 0.25) is 0 Å². The number of carboxylic acids is 2. The number of carbonyl (C=O) groups excluding carboxylic acids is 1. The molecular weight excluding hydrogens is 352 g/mol. The van der Waals surface area contributed by atoms with Gasteiger partial charge in [0, 0.05) is 57.6 Å². The lowest BCUT2D eigenvalue weighted by Gasteiger charge is -2.24. The molecular formula is C18H26N4O5. The van der Waals surface area contributed by atoms with Crippen LogP contribution in [-0.2, 0) is 16.1 Å². The number of carboxylic acid groups (broad SMARTS) is 2. The summed E-state index contributed by atoms with van der Waals surface area (Å²) in [6, 6.07) is 3.56. The number of nitrogens with zero attached hydrogens (tertiary/aromatic N) is 4. The van der Waals surface area contributed by atoms with Crippen LogP contribution in [0.1, 0.15) is 23.0 Å². The highest BCUT2D eigenvalue weighted by Gasteiger charge is 2.19. The molecule has 1 aliphatic rings. The molecule has 9 nitrogen and oxygen atoms in total. The summed E-state index contributed by atoms with van der Waals surface area (Å²) in [7, 11) is 0. The van der Waals surface area contributed by atoms with Gasteiger partial charge in [-0.05, 0) is 19.1 Å². The van der Waals surface area contributed by atoms with Crippen molar-refractivity contribution in [2.75, 3.05) is 52.4 Å². The highest BCUT2D eigenvalue weighted by atomic mass is 16.4. The van der Waals surface area contributed by atoms with Crippen LogP contribution in [0, 0.1) is 0 Å². The molecule has 0 aromatic carbocycles. The molecule has 0 aliphatic carbocycles. The molecule has 0 amide bonds. The molecule has 1 saturated heterocycles. The van der Waals surface area contributed by atoms with Gasteiger partial charge in [-0.15, -0.1) is 0 Å². The second kappa shape index (κ2) is 10.1. The highest BCUT2D eigenvalue weighted by Crippen LogP contribution is 2.07. The third-order valence-corrected chi connectivity index (χ3v) is 4.53. The zero-order valence-corrected chi connectivity index (χ0v) is 15.5. The fraction of sp³-hybridized carbons (Fsp3) is 0.556. The summed E-state index contributed by atoms with van der Waals surface area (Å²) in [4.78, 5) is 43.6. The van der Waals surface area contributed by atoms with Crippen LogP contribution in [0.3, 0.4) is 0 Å². The lowest BCUT2D eigenvalue weighted by atomic mass is 10.2. The first kappa shape index (κ1) is 20.9. The van der Waals surface area contributed by atoms with Gasteiger partial charge in [-0.1, -0.05) is 0 Å². The minimum Gasteiger partial charge on any atom is -0.480 e. The highest BCUT2D eigenvalue weighted by molar-refractivity contribution is 5.93. The summed E-state index contributed by atoms with van der Waals surface area (Å²) < 4.78 is 0. The van der Waals surface area contributed by atoms with E-state index in [1.165, 1.54) is 6.92 Å². The van der Waals surface area contributed by atoms with Gasteiger partial charge in [0.15, 0.2) is 5.78 Å². The van der Waals surface area contributed by atoms with Crippen molar-refractivity contribution < 1.29 is 24.6 Å². The predicted octanol–water partition coefficient (Wildman–Crippen LogP) is -0.127. The summed E-state index contributed by atoms with van der Waals surface area (Å²) in [5.41, 5.74) is 1.37. The van der Waals surface area contributed by atoms with E-state index < -0.39 is 11.9 Å². The Hall–Kier alpha value is -2.36. The fourth-order valence-corrected chi connectivity index (χ4v) is 3.00. The standard InChI is InChI=1S/C18H26N4O5/c1-14(23)15-2-3-16(19-10-15)11-20-4-6-21(12-17(24)25)8-9-22(7-5-20)13-18(26)27/h2-3,10H,4-9,11-13H2,1H3,(H,24,25)(H,26,27). The molecule has 2 rings (SSSR count). The lowest BCUT2D eigenvalue weighted by molar-refractivity contribution is -0.140. The number of Topliss-reactive ketones (excluding diaryl/α,β-unsaturated/α-hetero) is 1. The van der Waals surface area contributed by atoms with E-state index in [4.69, 9.17) is 10.2 Å². The molecule has 2 heterocycles. The molecule has 9 heteroatoms. The van der Waals surface area contributed by atoms with Crippen molar-refractivity contribution in [3.8, 4) is 0 Å². The summed E-state index contributed by atoms with van der Waals surface area (Å²) in [6.45, 7) is 5.41. The van der Waals surface area contributed by atoms with Crippen LogP contribution < -0.4 is 0 Å². The Bertz CT molecular complexity index is 636. The second-order valence-corrected chi connectivity index (χ2v) is 6.71. The zero-order valence-electron chi connectivity index (χ0n) is 15.5. The van der Waals surface area contributed by atoms with Gasteiger partial charge < -0.3 is 10.2 Å². The van der Waals surface area contributed by atoms with Gasteiger partial charge in [-0.25, -0.2) is 0 Å². The Morgan fingerprint density at radius 3 is 1.74 bits per heavy atom. The van der Waals surface area contributed by atoms with Crippen molar-refractivity contribution in [1.29, 1.82) is 0 Å². The number of hydrogen-bond acceptors (Lipinski definition) is 7. The van der Waals surface area contributed by atoms with Gasteiger partial charge >= 0.3 is 11.9 Å². The summed E-state index contributed by atoms with van der Waals surface area (Å²) in [6.07, 6.45) is 1.56. The quantitative estimate of drug-likeness (QED) is 0.626. The van der Waals surface area contributed by atoms with Gasteiger partial charge in [0.2, 0.25) is 0 Å². The van der Waals surface area contributed by atoms with Crippen LogP contribution in [0.4, 0.5) is 0 Å². The molecule has 1 aliphatic heterocycles. The molecule has 0 saturated carbocycles. The van der Waals surface area contributed by atoms with Crippen LogP contribution >= 0.6 is 0 Å². The van der Waals surface area contributed by atoms with Crippen molar-refractivity contribution in [2.24, 2.45) is 0 Å². The van der Waals surface area contributed by atoms with Gasteiger partial charge in [0.05, 0.1) is 18.8 Å². The van der Waals surface area contributed by atoms with E-state index in [9.17, 15) is 14.4 Å². The van der Waals surface area contributed by atoms with E-state index in [0.29, 0.717) is 51.4 Å². The van der Waals surface area contributed by atoms with Crippen molar-refractivity contribution in [3.05, 3.63) is 29.6 Å². The van der Waals surface area contributed by atoms with E-state index in [1.807, 2.05) is 15.9 Å². The molecule has 2 N–H and O–H groups in total. The monoisotopic (exact) mass is 378 g/mol. The largest absolute Gasteiger partial charge is 0.480 e. The molecule has 1 fully saturated rings. The minimum atomic E-state index is -0.896. The molecule has 1 aromatic rings. The van der Waals surface area contributed by atoms with Crippen LogP contribution in [-0.4, -0.2) is 100.0 Å². The Morgan fingerprint density at radius 2 is 1.37 bits per heavy atom. The summed E-state index contributed by atoms with van der Waals surface area (Å²) in [5, 5.41) is 18.2. The van der Waals surface area contributed by atoms with Crippen molar-refractivity contribution in [2.45, 2.75) is 13.5 Å². The van der Waals surface area contributed by atoms with Crippen molar-refractivity contribution in [3.63, 3.8) is 0 Å². The Labute approximate surface area is 158 Å². The Balaban J connectivity index is 2.05. The number of aromatic nitrogens is 1. The van der Waals surface area contributed by atoms with Crippen LogP contribution in [0.15, 0.2) is 18.3 Å². The molecule has 0 atom stereocenters. The van der Waals surface area contributed by atoms with Gasteiger partial charge in [0.25, 0.3) is 0 Å². The van der Waals surface area contributed by atoms with Crippen LogP contribution in [0.5, 0.6) is 0 Å². The topological polar surface area (TPSA) is 114 Å². The van der Waals surface area contributed by atoms with Crippen molar-refractivity contribution >= 4 is 17.7 Å². The third-order valence-electron chi connectivity index (χ3n) is 4.53. The summed E-state index contributed by atoms with van der Waals surface area (Å²) >= 11 is 0. The number of aliphatic carboxylic acids is 2. The van der Waals surface area contributed by atoms with E-state index >= 15 is 0 Å². The van der Waals surface area contributed by atoms with E-state index in [1.54, 1.807) is 12.3 Å². The average molecular weight is 378 g/mol. The lowest BCUT2D eigenvalue weighted by Crippen LogP contribution is -2.40. The number of rotatable bonds is 7. The first-order valence-corrected chi connectivity index (χ1v) is 8.90. The minimum absolute atomic E-state index is 0.0366. The number of carbonyl (C=O) groups is 3. The molecule has 27 heavy (non-hydrogen) atoms. The van der Waals surface area contributed by atoms with Crippen LogP contribution in [0.25, 0.3) is 0 Å². The SMILES string of the molecule is CC(=O)c1ccc(CN2CCN(CC(=O)O)CCN(CC(=O)O)CC2)nc1. The Morgan fingerprint density at radius 1 is 0.889 bits per heavy atom. The zero-order chi connectivity index (χ0) is 19.8. The molecule has 0 bridgehead atoms. The third kappa shape index (κ3) is 7.41. The normalized spacial score (nSPS) is 17.7. The molecule has 0 radical (unpaired) electrons. The van der Waals surface area contributed by atoms with Crippen molar-refractivity contribution in [1.82, 2.24) is 19.7 Å². The number of pyridine rings is 1. The predicted molar refractivity (Wildman–Crippen MR) is 97.7 cm³/mol. The first-order valence-electron chi connectivity index (χ1n) is 8.90. The first-order chi connectivity index (χ1) is 12.8. The van der Waals surface area contributed by atoms with Gasteiger partial charge in [0.1, 0.15) is 0 Å². The van der Waals surface area contributed by atoms with Gasteiger partial charge in [-0.2, -0.15) is 0 Å². The molecule has 148 valence electrons. The number of hydrogen-bond donors (Lipinski definition) is 2. The smallest absolute Gasteiger partial charge is 0.317 e. The Kier molecular flexibility index (Phi) is 7.83. The number of ketones is 1. The molecule has 0 unspecified atom stereocenters. The van der Waals surface area contributed by atoms with E-state index in [0.717, 1.165) is 5.69 Å². The summed E-state index contributed by atoms with van der Waals surface area (Å²) in [5.74, 6) is -1.83. The second-order valence-electron chi connectivity index (χ2n) is 6.71. The maximum absolute atomic E-state index is 11.4.